The molecule has 0 spiro atoms. The first-order chi connectivity index (χ1) is 12.4. The first-order valence-electron chi connectivity index (χ1n) is 7.47. The topological polar surface area (TPSA) is 59.8 Å². The first kappa shape index (κ1) is 18.0. The fourth-order valence-electron chi connectivity index (χ4n) is 2.12. The highest BCUT2D eigenvalue weighted by Gasteiger charge is 2.27. The third-order valence-electron chi connectivity index (χ3n) is 3.31. The maximum atomic E-state index is 12.4. The molecule has 0 fully saturated rings. The molecule has 0 aliphatic rings. The molecule has 3 rings (SSSR count). The van der Waals surface area contributed by atoms with Gasteiger partial charge in [-0.25, -0.2) is 9.97 Å². The second-order valence-electron chi connectivity index (χ2n) is 5.23. The van der Waals surface area contributed by atoms with Crippen LogP contribution in [0.15, 0.2) is 66.2 Å². The van der Waals surface area contributed by atoms with Crippen LogP contribution in [0, 0.1) is 0 Å². The van der Waals surface area contributed by atoms with E-state index in [1.54, 1.807) is 53.6 Å². The van der Waals surface area contributed by atoms with E-state index in [2.05, 4.69) is 15.3 Å². The van der Waals surface area contributed by atoms with Crippen LogP contribution in [0.5, 0.6) is 0 Å². The number of nitrogens with zero attached hydrogens (tertiary/aromatic N) is 3. The second-order valence-corrected chi connectivity index (χ2v) is 6.25. The van der Waals surface area contributed by atoms with Gasteiger partial charge in [-0.05, 0) is 24.3 Å². The number of halogens is 3. The molecule has 9 heteroatoms. The highest BCUT2D eigenvalue weighted by molar-refractivity contribution is 7.99. The van der Waals surface area contributed by atoms with Crippen LogP contribution in [-0.4, -0.2) is 32.4 Å². The van der Waals surface area contributed by atoms with Crippen molar-refractivity contribution in [2.24, 2.45) is 0 Å². The Morgan fingerprint density at radius 2 is 2.00 bits per heavy atom. The highest BCUT2D eigenvalue weighted by Crippen LogP contribution is 2.32. The third-order valence-corrected chi connectivity index (χ3v) is 4.44. The van der Waals surface area contributed by atoms with E-state index in [-0.39, 0.29) is 0 Å². The van der Waals surface area contributed by atoms with Gasteiger partial charge in [0.15, 0.2) is 0 Å². The molecule has 0 saturated heterocycles. The van der Waals surface area contributed by atoms with E-state index >= 15 is 0 Å². The van der Waals surface area contributed by atoms with E-state index in [4.69, 9.17) is 0 Å². The van der Waals surface area contributed by atoms with Crippen molar-refractivity contribution < 1.29 is 18.0 Å². The van der Waals surface area contributed by atoms with Crippen molar-refractivity contribution in [3.8, 4) is 5.82 Å². The van der Waals surface area contributed by atoms with Crippen molar-refractivity contribution in [3.05, 3.63) is 66.9 Å². The number of pyridine rings is 1. The lowest BCUT2D eigenvalue weighted by molar-refractivity contribution is -0.105. The summed E-state index contributed by atoms with van der Waals surface area (Å²) < 4.78 is 39.0. The molecule has 2 aromatic heterocycles. The zero-order chi connectivity index (χ0) is 18.6. The second kappa shape index (κ2) is 7.61. The monoisotopic (exact) mass is 378 g/mol. The van der Waals surface area contributed by atoms with Crippen LogP contribution in [0.4, 0.5) is 18.9 Å². The van der Waals surface area contributed by atoms with Crippen molar-refractivity contribution in [1.82, 2.24) is 14.5 Å². The van der Waals surface area contributed by atoms with Crippen LogP contribution in [0.2, 0.25) is 0 Å². The Bertz CT molecular complexity index is 880. The summed E-state index contributed by atoms with van der Waals surface area (Å²) in [6, 6.07) is 9.60. The van der Waals surface area contributed by atoms with Gasteiger partial charge in [0.2, 0.25) is 0 Å². The maximum Gasteiger partial charge on any atom is 0.398 e. The van der Waals surface area contributed by atoms with Gasteiger partial charge < -0.3 is 5.32 Å². The Labute approximate surface area is 151 Å². The van der Waals surface area contributed by atoms with Gasteiger partial charge in [-0.2, -0.15) is 13.2 Å². The number of alkyl halides is 3. The summed E-state index contributed by atoms with van der Waals surface area (Å²) in [7, 11) is 0. The minimum absolute atomic E-state index is 0.296. The smallest absolute Gasteiger partial charge is 0.321 e. The number of hydrogen-bond acceptors (Lipinski definition) is 4. The molecule has 0 saturated carbocycles. The number of carbonyl (C=O) groups is 1. The molecule has 1 aromatic carbocycles. The van der Waals surface area contributed by atoms with Gasteiger partial charge >= 0.3 is 6.18 Å². The van der Waals surface area contributed by atoms with Gasteiger partial charge in [-0.3, -0.25) is 9.36 Å². The summed E-state index contributed by atoms with van der Waals surface area (Å²) in [5.41, 5.74) is 0.620. The number of anilines is 1. The SMILES string of the molecule is O=C(Nc1ccccc1SCC(F)(F)F)c1ccc(-n2ccnc2)nc1. The lowest BCUT2D eigenvalue weighted by Gasteiger charge is -2.12. The number of carbonyl (C=O) groups excluding carboxylic acids is 1. The molecule has 5 nitrogen and oxygen atoms in total. The van der Waals surface area contributed by atoms with Gasteiger partial charge in [0.25, 0.3) is 5.91 Å². The Hall–Kier alpha value is -2.81. The minimum Gasteiger partial charge on any atom is -0.321 e. The zero-order valence-corrected chi connectivity index (χ0v) is 14.1. The van der Waals surface area contributed by atoms with Crippen molar-refractivity contribution in [1.29, 1.82) is 0 Å². The Morgan fingerprint density at radius 1 is 1.19 bits per heavy atom. The van der Waals surface area contributed by atoms with E-state index < -0.39 is 17.8 Å². The molecular weight excluding hydrogens is 365 g/mol. The lowest BCUT2D eigenvalue weighted by Crippen LogP contribution is -2.14. The number of aromatic nitrogens is 3. The number of nitrogens with one attached hydrogen (secondary N) is 1. The average molecular weight is 378 g/mol. The molecule has 0 bridgehead atoms. The van der Waals surface area contributed by atoms with Crippen molar-refractivity contribution in [2.45, 2.75) is 11.1 Å². The Morgan fingerprint density at radius 3 is 2.65 bits per heavy atom. The van der Waals surface area contributed by atoms with E-state index in [1.165, 1.54) is 12.3 Å². The number of hydrogen-bond donors (Lipinski definition) is 1. The molecule has 0 aliphatic carbocycles. The predicted molar refractivity (Wildman–Crippen MR) is 92.5 cm³/mol. The Balaban J connectivity index is 1.72. The molecule has 0 atom stereocenters. The Kier molecular flexibility index (Phi) is 5.27. The van der Waals surface area contributed by atoms with Gasteiger partial charge in [0, 0.05) is 23.5 Å². The predicted octanol–water partition coefficient (Wildman–Crippen LogP) is 4.17. The normalized spacial score (nSPS) is 11.3. The number of rotatable bonds is 5. The molecule has 0 aliphatic heterocycles. The van der Waals surface area contributed by atoms with E-state index in [1.807, 2.05) is 0 Å². The van der Waals surface area contributed by atoms with Gasteiger partial charge in [-0.15, -0.1) is 11.8 Å². The molecule has 134 valence electrons. The van der Waals surface area contributed by atoms with Gasteiger partial charge in [0.1, 0.15) is 12.1 Å². The van der Waals surface area contributed by atoms with Crippen LogP contribution >= 0.6 is 11.8 Å². The number of amides is 1. The summed E-state index contributed by atoms with van der Waals surface area (Å²) in [4.78, 5) is 20.8. The lowest BCUT2D eigenvalue weighted by atomic mass is 10.2. The van der Waals surface area contributed by atoms with Crippen LogP contribution < -0.4 is 5.32 Å². The van der Waals surface area contributed by atoms with E-state index in [0.29, 0.717) is 33.7 Å². The van der Waals surface area contributed by atoms with Crippen molar-refractivity contribution in [2.75, 3.05) is 11.1 Å². The van der Waals surface area contributed by atoms with E-state index in [9.17, 15) is 18.0 Å². The maximum absolute atomic E-state index is 12.4. The van der Waals surface area contributed by atoms with Gasteiger partial charge in [-0.1, -0.05) is 12.1 Å². The largest absolute Gasteiger partial charge is 0.398 e. The van der Waals surface area contributed by atoms with Crippen LogP contribution in [0.1, 0.15) is 10.4 Å². The zero-order valence-electron chi connectivity index (χ0n) is 13.3. The first-order valence-corrected chi connectivity index (χ1v) is 8.45. The number of benzene rings is 1. The standard InChI is InChI=1S/C17H13F3N4OS/c18-17(19,20)10-26-14-4-2-1-3-13(14)23-16(25)12-5-6-15(22-9-12)24-8-7-21-11-24/h1-9,11H,10H2,(H,23,25). The highest BCUT2D eigenvalue weighted by atomic mass is 32.2. The quantitative estimate of drug-likeness (QED) is 0.677. The van der Waals surface area contributed by atoms with Crippen LogP contribution in [-0.2, 0) is 0 Å². The summed E-state index contributed by atoms with van der Waals surface area (Å²) in [5.74, 6) is -0.879. The summed E-state index contributed by atoms with van der Waals surface area (Å²) in [6.45, 7) is 0. The fourth-order valence-corrected chi connectivity index (χ4v) is 2.89. The summed E-state index contributed by atoms with van der Waals surface area (Å²) in [6.07, 6.45) is 2.02. The molecule has 0 unspecified atom stereocenters. The van der Waals surface area contributed by atoms with Crippen molar-refractivity contribution in [3.63, 3.8) is 0 Å². The van der Waals surface area contributed by atoms with Crippen LogP contribution in [0.25, 0.3) is 5.82 Å². The fraction of sp³-hybridized carbons (Fsp3) is 0.118. The van der Waals surface area contributed by atoms with Crippen molar-refractivity contribution >= 4 is 23.4 Å². The molecule has 2 heterocycles. The van der Waals surface area contributed by atoms with Gasteiger partial charge in [0.05, 0.1) is 17.0 Å². The van der Waals surface area contributed by atoms with Crippen LogP contribution in [0.3, 0.4) is 0 Å². The minimum atomic E-state index is -4.28. The number of thioether (sulfide) groups is 1. The summed E-state index contributed by atoms with van der Waals surface area (Å²) >= 11 is 0.626. The number of para-hydroxylation sites is 1. The average Bonchev–Trinajstić information content (AvgIpc) is 3.15. The third kappa shape index (κ3) is 4.63. The molecule has 0 radical (unpaired) electrons. The molecule has 1 N–H and O–H groups in total. The molecular formula is C17H13F3N4OS. The molecule has 1 amide bonds. The van der Waals surface area contributed by atoms with E-state index in [0.717, 1.165) is 0 Å². The summed E-state index contributed by atoms with van der Waals surface area (Å²) in [5, 5.41) is 2.63. The molecule has 3 aromatic rings. The number of imidazole rings is 1. The molecule has 26 heavy (non-hydrogen) atoms.